The smallest absolute Gasteiger partial charge is 0.00608 e. The van der Waals surface area contributed by atoms with Crippen molar-refractivity contribution < 1.29 is 0 Å². The molecule has 1 N–H and O–H groups in total. The predicted octanol–water partition coefficient (Wildman–Crippen LogP) is 2.37. The minimum atomic E-state index is 0.800. The van der Waals surface area contributed by atoms with E-state index in [1.165, 1.54) is 5.75 Å². The lowest BCUT2D eigenvalue weighted by Crippen LogP contribution is -2.18. The molecule has 0 aromatic carbocycles. The normalized spacial score (nSPS) is 13.9. The van der Waals surface area contributed by atoms with Crippen molar-refractivity contribution in [2.24, 2.45) is 5.92 Å². The molecule has 0 saturated carbocycles. The standard InChI is InChI=1S/C9H21NS/c1-5-10-6-7-11-9(4)8(2)3/h8-10H,5-7H2,1-4H3. The molecule has 2 heteroatoms. The fraction of sp³-hybridized carbons (Fsp3) is 1.00. The van der Waals surface area contributed by atoms with Gasteiger partial charge in [0.25, 0.3) is 0 Å². The third kappa shape index (κ3) is 6.70. The Balaban J connectivity index is 3.10. The quantitative estimate of drug-likeness (QED) is 0.622. The predicted molar refractivity (Wildman–Crippen MR) is 55.3 cm³/mol. The van der Waals surface area contributed by atoms with Crippen LogP contribution >= 0.6 is 11.8 Å². The maximum atomic E-state index is 3.32. The Hall–Kier alpha value is 0.310. The second kappa shape index (κ2) is 6.99. The van der Waals surface area contributed by atoms with Crippen LogP contribution in [0.4, 0.5) is 0 Å². The van der Waals surface area contributed by atoms with Crippen molar-refractivity contribution in [2.75, 3.05) is 18.8 Å². The van der Waals surface area contributed by atoms with E-state index < -0.39 is 0 Å². The SMILES string of the molecule is CCNCCSC(C)C(C)C. The zero-order chi connectivity index (χ0) is 8.69. The van der Waals surface area contributed by atoms with Gasteiger partial charge in [-0.3, -0.25) is 0 Å². The van der Waals surface area contributed by atoms with Crippen LogP contribution < -0.4 is 5.32 Å². The first-order valence-corrected chi connectivity index (χ1v) is 5.55. The lowest BCUT2D eigenvalue weighted by molar-refractivity contribution is 0.641. The average molecular weight is 175 g/mol. The molecule has 0 saturated heterocycles. The highest BCUT2D eigenvalue weighted by Gasteiger charge is 2.05. The van der Waals surface area contributed by atoms with E-state index in [2.05, 4.69) is 44.8 Å². The fourth-order valence-electron chi connectivity index (χ4n) is 0.686. The van der Waals surface area contributed by atoms with Crippen LogP contribution in [-0.2, 0) is 0 Å². The summed E-state index contributed by atoms with van der Waals surface area (Å²) in [5.74, 6) is 2.05. The molecule has 0 heterocycles. The lowest BCUT2D eigenvalue weighted by Gasteiger charge is -2.14. The van der Waals surface area contributed by atoms with Gasteiger partial charge >= 0.3 is 0 Å². The summed E-state index contributed by atoms with van der Waals surface area (Å²) in [6.45, 7) is 11.3. The molecule has 0 fully saturated rings. The molecule has 1 atom stereocenters. The van der Waals surface area contributed by atoms with Gasteiger partial charge in [0.05, 0.1) is 0 Å². The molecule has 0 bridgehead atoms. The molecule has 1 unspecified atom stereocenters. The zero-order valence-corrected chi connectivity index (χ0v) is 9.00. The second-order valence-electron chi connectivity index (χ2n) is 3.17. The van der Waals surface area contributed by atoms with E-state index in [4.69, 9.17) is 0 Å². The van der Waals surface area contributed by atoms with Gasteiger partial charge in [-0.05, 0) is 12.5 Å². The maximum Gasteiger partial charge on any atom is 0.00608 e. The summed E-state index contributed by atoms with van der Waals surface area (Å²) in [5.41, 5.74) is 0. The molecule has 11 heavy (non-hydrogen) atoms. The highest BCUT2D eigenvalue weighted by molar-refractivity contribution is 7.99. The van der Waals surface area contributed by atoms with Gasteiger partial charge in [0.15, 0.2) is 0 Å². The average Bonchev–Trinajstić information content (AvgIpc) is 1.97. The first kappa shape index (κ1) is 11.3. The summed E-state index contributed by atoms with van der Waals surface area (Å²) in [7, 11) is 0. The Kier molecular flexibility index (Phi) is 7.18. The summed E-state index contributed by atoms with van der Waals surface area (Å²) in [4.78, 5) is 0. The van der Waals surface area contributed by atoms with Crippen molar-refractivity contribution in [2.45, 2.75) is 32.9 Å². The Morgan fingerprint density at radius 1 is 1.27 bits per heavy atom. The summed E-state index contributed by atoms with van der Waals surface area (Å²) in [6, 6.07) is 0. The first-order chi connectivity index (χ1) is 5.18. The van der Waals surface area contributed by atoms with Gasteiger partial charge in [-0.2, -0.15) is 11.8 Å². The van der Waals surface area contributed by atoms with Crippen LogP contribution in [0.25, 0.3) is 0 Å². The number of nitrogens with one attached hydrogen (secondary N) is 1. The Morgan fingerprint density at radius 3 is 2.36 bits per heavy atom. The zero-order valence-electron chi connectivity index (χ0n) is 8.18. The van der Waals surface area contributed by atoms with Crippen LogP contribution in [0.1, 0.15) is 27.7 Å². The molecule has 0 aliphatic heterocycles. The van der Waals surface area contributed by atoms with Gasteiger partial charge in [-0.25, -0.2) is 0 Å². The molecule has 0 aromatic heterocycles. The van der Waals surface area contributed by atoms with E-state index in [-0.39, 0.29) is 0 Å². The Labute approximate surface area is 75.3 Å². The van der Waals surface area contributed by atoms with Crippen molar-refractivity contribution >= 4 is 11.8 Å². The van der Waals surface area contributed by atoms with E-state index in [1.54, 1.807) is 0 Å². The number of thioether (sulfide) groups is 1. The summed E-state index contributed by atoms with van der Waals surface area (Å²) >= 11 is 2.06. The molecule has 1 nitrogen and oxygen atoms in total. The van der Waals surface area contributed by atoms with E-state index in [1.807, 2.05) is 0 Å². The fourth-order valence-corrected chi connectivity index (χ4v) is 1.71. The van der Waals surface area contributed by atoms with Crippen molar-refractivity contribution in [3.05, 3.63) is 0 Å². The minimum Gasteiger partial charge on any atom is -0.316 e. The van der Waals surface area contributed by atoms with E-state index in [0.29, 0.717) is 0 Å². The van der Waals surface area contributed by atoms with Crippen LogP contribution in [0.2, 0.25) is 0 Å². The summed E-state index contributed by atoms with van der Waals surface area (Å²) in [6.07, 6.45) is 0. The van der Waals surface area contributed by atoms with Crippen LogP contribution in [0.15, 0.2) is 0 Å². The van der Waals surface area contributed by atoms with Gasteiger partial charge in [0.1, 0.15) is 0 Å². The molecule has 0 aliphatic rings. The van der Waals surface area contributed by atoms with Crippen LogP contribution in [0, 0.1) is 5.92 Å². The highest BCUT2D eigenvalue weighted by Crippen LogP contribution is 2.17. The molecule has 0 aliphatic carbocycles. The molecule has 0 radical (unpaired) electrons. The lowest BCUT2D eigenvalue weighted by atomic mass is 10.2. The topological polar surface area (TPSA) is 12.0 Å². The molecule has 68 valence electrons. The van der Waals surface area contributed by atoms with Crippen LogP contribution in [0.3, 0.4) is 0 Å². The number of hydrogen-bond donors (Lipinski definition) is 1. The third-order valence-corrected chi connectivity index (χ3v) is 3.36. The van der Waals surface area contributed by atoms with Crippen molar-refractivity contribution in [1.29, 1.82) is 0 Å². The molecule has 0 aromatic rings. The second-order valence-corrected chi connectivity index (χ2v) is 4.66. The summed E-state index contributed by atoms with van der Waals surface area (Å²) in [5, 5.41) is 4.12. The van der Waals surface area contributed by atoms with E-state index >= 15 is 0 Å². The van der Waals surface area contributed by atoms with Gasteiger partial charge in [0.2, 0.25) is 0 Å². The monoisotopic (exact) mass is 175 g/mol. The number of hydrogen-bond acceptors (Lipinski definition) is 2. The largest absolute Gasteiger partial charge is 0.316 e. The molecular weight excluding hydrogens is 154 g/mol. The third-order valence-electron chi connectivity index (χ3n) is 1.85. The first-order valence-electron chi connectivity index (χ1n) is 4.50. The Bertz CT molecular complexity index is 83.6. The molecule has 0 amide bonds. The minimum absolute atomic E-state index is 0.800. The van der Waals surface area contributed by atoms with Gasteiger partial charge in [-0.15, -0.1) is 0 Å². The van der Waals surface area contributed by atoms with E-state index in [9.17, 15) is 0 Å². The van der Waals surface area contributed by atoms with Crippen molar-refractivity contribution in [1.82, 2.24) is 5.32 Å². The van der Waals surface area contributed by atoms with Crippen LogP contribution in [0.5, 0.6) is 0 Å². The summed E-state index contributed by atoms with van der Waals surface area (Å²) < 4.78 is 0. The van der Waals surface area contributed by atoms with E-state index in [0.717, 1.165) is 24.3 Å². The van der Waals surface area contributed by atoms with Crippen molar-refractivity contribution in [3.8, 4) is 0 Å². The van der Waals surface area contributed by atoms with Crippen molar-refractivity contribution in [3.63, 3.8) is 0 Å². The molecule has 0 spiro atoms. The van der Waals surface area contributed by atoms with Crippen LogP contribution in [-0.4, -0.2) is 24.1 Å². The molecule has 0 rings (SSSR count). The maximum absolute atomic E-state index is 3.32. The van der Waals surface area contributed by atoms with Gasteiger partial charge in [0, 0.05) is 17.5 Å². The van der Waals surface area contributed by atoms with Gasteiger partial charge < -0.3 is 5.32 Å². The molecular formula is C9H21NS. The number of rotatable bonds is 6. The Morgan fingerprint density at radius 2 is 1.91 bits per heavy atom. The highest BCUT2D eigenvalue weighted by atomic mass is 32.2. The van der Waals surface area contributed by atoms with Gasteiger partial charge in [-0.1, -0.05) is 27.7 Å².